The van der Waals surface area contributed by atoms with Gasteiger partial charge in [-0.05, 0) is 43.9 Å². The van der Waals surface area contributed by atoms with E-state index in [1.807, 2.05) is 36.1 Å². The van der Waals surface area contributed by atoms with Gasteiger partial charge in [0.15, 0.2) is 0 Å². The number of benzene rings is 1. The molecule has 138 valence electrons. The van der Waals surface area contributed by atoms with Crippen LogP contribution < -0.4 is 4.74 Å². The Balaban J connectivity index is 1.57. The summed E-state index contributed by atoms with van der Waals surface area (Å²) in [6.07, 6.45) is 3.78. The molecular weight excluding hydrogens is 318 g/mol. The minimum atomic E-state index is -0.298. The van der Waals surface area contributed by atoms with E-state index in [1.165, 1.54) is 0 Å². The maximum Gasteiger partial charge on any atom is 0.223 e. The van der Waals surface area contributed by atoms with Gasteiger partial charge in [0.1, 0.15) is 5.75 Å². The number of nitrogens with zero attached hydrogens (tertiary/aromatic N) is 1. The van der Waals surface area contributed by atoms with Crippen molar-refractivity contribution in [3.8, 4) is 5.75 Å². The van der Waals surface area contributed by atoms with E-state index in [0.717, 1.165) is 37.0 Å². The van der Waals surface area contributed by atoms with E-state index in [2.05, 4.69) is 0 Å². The van der Waals surface area contributed by atoms with Crippen LogP contribution in [0, 0.1) is 5.92 Å². The summed E-state index contributed by atoms with van der Waals surface area (Å²) in [6.45, 7) is 4.40. The van der Waals surface area contributed by atoms with Gasteiger partial charge in [-0.1, -0.05) is 18.6 Å². The van der Waals surface area contributed by atoms with E-state index in [9.17, 15) is 9.90 Å². The molecule has 1 saturated carbocycles. The van der Waals surface area contributed by atoms with E-state index < -0.39 is 0 Å². The third kappa shape index (κ3) is 4.53. The van der Waals surface area contributed by atoms with Crippen molar-refractivity contribution in [1.82, 2.24) is 4.90 Å². The molecule has 1 heterocycles. The molecule has 25 heavy (non-hydrogen) atoms. The minimum absolute atomic E-state index is 0.0269. The van der Waals surface area contributed by atoms with Crippen molar-refractivity contribution in [3.63, 3.8) is 0 Å². The Kier molecular flexibility index (Phi) is 6.32. The van der Waals surface area contributed by atoms with Gasteiger partial charge in [0.25, 0.3) is 0 Å². The average molecular weight is 347 g/mol. The Morgan fingerprint density at radius 2 is 2.12 bits per heavy atom. The first-order valence-corrected chi connectivity index (χ1v) is 9.46. The normalized spacial score (nSPS) is 26.6. The van der Waals surface area contributed by atoms with Crippen LogP contribution in [-0.4, -0.2) is 54.4 Å². The largest absolute Gasteiger partial charge is 0.494 e. The summed E-state index contributed by atoms with van der Waals surface area (Å²) in [4.78, 5) is 14.7. The fraction of sp³-hybridized carbons (Fsp3) is 0.650. The number of carbonyl (C=O) groups excluding carboxylic acids is 1. The number of carbonyl (C=O) groups is 1. The molecule has 1 aliphatic carbocycles. The Morgan fingerprint density at radius 1 is 1.32 bits per heavy atom. The van der Waals surface area contributed by atoms with Crippen molar-refractivity contribution in [2.24, 2.45) is 5.92 Å². The summed E-state index contributed by atoms with van der Waals surface area (Å²) < 4.78 is 11.1. The highest BCUT2D eigenvalue weighted by Gasteiger charge is 2.39. The molecule has 0 aromatic heterocycles. The lowest BCUT2D eigenvalue weighted by Gasteiger charge is -2.40. The van der Waals surface area contributed by atoms with Crippen LogP contribution in [0.25, 0.3) is 0 Å². The van der Waals surface area contributed by atoms with Gasteiger partial charge in [0.05, 0.1) is 32.0 Å². The quantitative estimate of drug-likeness (QED) is 0.858. The van der Waals surface area contributed by atoms with Crippen molar-refractivity contribution in [2.45, 2.75) is 51.2 Å². The van der Waals surface area contributed by atoms with Gasteiger partial charge in [-0.3, -0.25) is 4.79 Å². The number of aryl methyl sites for hydroxylation is 1. The second kappa shape index (κ2) is 8.68. The smallest absolute Gasteiger partial charge is 0.223 e. The summed E-state index contributed by atoms with van der Waals surface area (Å²) in [7, 11) is 0. The molecule has 0 bridgehead atoms. The average Bonchev–Trinajstić information content (AvgIpc) is 3.07. The number of hydrogen-bond acceptors (Lipinski definition) is 4. The zero-order valence-electron chi connectivity index (χ0n) is 15.0. The number of hydrogen-bond donors (Lipinski definition) is 1. The van der Waals surface area contributed by atoms with Gasteiger partial charge in [-0.25, -0.2) is 0 Å². The fourth-order valence-electron chi connectivity index (χ4n) is 4.02. The number of rotatable bonds is 6. The minimum Gasteiger partial charge on any atom is -0.494 e. The fourth-order valence-corrected chi connectivity index (χ4v) is 4.02. The highest BCUT2D eigenvalue weighted by atomic mass is 16.5. The summed E-state index contributed by atoms with van der Waals surface area (Å²) in [5.74, 6) is 1.19. The number of ether oxygens (including phenoxy) is 2. The molecule has 1 aromatic carbocycles. The highest BCUT2D eigenvalue weighted by molar-refractivity contribution is 5.77. The molecule has 5 nitrogen and oxygen atoms in total. The number of amides is 1. The Labute approximate surface area is 149 Å². The van der Waals surface area contributed by atoms with E-state index >= 15 is 0 Å². The third-order valence-electron chi connectivity index (χ3n) is 5.37. The molecule has 5 heteroatoms. The molecule has 3 rings (SSSR count). The number of morpholine rings is 1. The zero-order chi connectivity index (χ0) is 17.6. The van der Waals surface area contributed by atoms with E-state index in [-0.39, 0.29) is 24.0 Å². The van der Waals surface area contributed by atoms with Crippen LogP contribution in [0.4, 0.5) is 0 Å². The topological polar surface area (TPSA) is 59.0 Å². The Hall–Kier alpha value is -1.59. The predicted molar refractivity (Wildman–Crippen MR) is 95.6 cm³/mol. The molecule has 2 fully saturated rings. The predicted octanol–water partition coefficient (Wildman–Crippen LogP) is 2.41. The van der Waals surface area contributed by atoms with Gasteiger partial charge in [0, 0.05) is 18.9 Å². The second-order valence-corrected chi connectivity index (χ2v) is 6.97. The van der Waals surface area contributed by atoms with Crippen molar-refractivity contribution >= 4 is 5.91 Å². The highest BCUT2D eigenvalue weighted by Crippen LogP contribution is 2.32. The zero-order valence-corrected chi connectivity index (χ0v) is 15.0. The first-order valence-electron chi connectivity index (χ1n) is 9.46. The van der Waals surface area contributed by atoms with Crippen LogP contribution in [0.1, 0.15) is 38.2 Å². The summed E-state index contributed by atoms with van der Waals surface area (Å²) >= 11 is 0. The lowest BCUT2D eigenvalue weighted by atomic mass is 9.93. The third-order valence-corrected chi connectivity index (χ3v) is 5.37. The Morgan fingerprint density at radius 3 is 2.80 bits per heavy atom. The molecule has 0 spiro atoms. The molecular formula is C20H29NO4. The van der Waals surface area contributed by atoms with E-state index in [1.54, 1.807) is 0 Å². The first-order chi connectivity index (χ1) is 12.2. The molecule has 1 amide bonds. The standard InChI is InChI=1S/C20H29NO4/c1-2-25-16-9-6-15(7-10-16)8-11-20(23)21-12-13-24-14-18(21)17-4-3-5-19(17)22/h6-7,9-10,17-19,22H,2-5,8,11-14H2,1H3. The molecule has 1 aliphatic heterocycles. The van der Waals surface area contributed by atoms with Crippen LogP contribution in [0.5, 0.6) is 5.75 Å². The first kappa shape index (κ1) is 18.2. The molecule has 0 radical (unpaired) electrons. The molecule has 3 unspecified atom stereocenters. The van der Waals surface area contributed by atoms with E-state index in [4.69, 9.17) is 9.47 Å². The molecule has 3 atom stereocenters. The molecule has 2 aliphatic rings. The maximum atomic E-state index is 12.8. The second-order valence-electron chi connectivity index (χ2n) is 6.97. The summed E-state index contributed by atoms with van der Waals surface area (Å²) in [5, 5.41) is 10.2. The summed E-state index contributed by atoms with van der Waals surface area (Å²) in [6, 6.07) is 7.98. The number of aliphatic hydroxyl groups is 1. The van der Waals surface area contributed by atoms with Gasteiger partial charge in [-0.2, -0.15) is 0 Å². The van der Waals surface area contributed by atoms with Crippen LogP contribution in [0.2, 0.25) is 0 Å². The summed E-state index contributed by atoms with van der Waals surface area (Å²) in [5.41, 5.74) is 1.14. The van der Waals surface area contributed by atoms with Crippen molar-refractivity contribution in [1.29, 1.82) is 0 Å². The van der Waals surface area contributed by atoms with Crippen LogP contribution in [-0.2, 0) is 16.0 Å². The maximum absolute atomic E-state index is 12.8. The van der Waals surface area contributed by atoms with Crippen LogP contribution in [0.3, 0.4) is 0 Å². The SMILES string of the molecule is CCOc1ccc(CCC(=O)N2CCOCC2C2CCCC2O)cc1. The molecule has 1 N–H and O–H groups in total. The van der Waals surface area contributed by atoms with Crippen molar-refractivity contribution in [3.05, 3.63) is 29.8 Å². The lowest BCUT2D eigenvalue weighted by molar-refractivity contribution is -0.143. The molecule has 1 aromatic rings. The van der Waals surface area contributed by atoms with Crippen molar-refractivity contribution < 1.29 is 19.4 Å². The monoisotopic (exact) mass is 347 g/mol. The molecule has 1 saturated heterocycles. The van der Waals surface area contributed by atoms with Crippen LogP contribution >= 0.6 is 0 Å². The van der Waals surface area contributed by atoms with Crippen molar-refractivity contribution in [2.75, 3.05) is 26.4 Å². The lowest BCUT2D eigenvalue weighted by Crippen LogP contribution is -2.53. The van der Waals surface area contributed by atoms with Gasteiger partial charge in [0.2, 0.25) is 5.91 Å². The van der Waals surface area contributed by atoms with Crippen LogP contribution in [0.15, 0.2) is 24.3 Å². The number of aliphatic hydroxyl groups excluding tert-OH is 1. The van der Waals surface area contributed by atoms with Gasteiger partial charge >= 0.3 is 0 Å². The Bertz CT molecular complexity index is 559. The van der Waals surface area contributed by atoms with Gasteiger partial charge < -0.3 is 19.5 Å². The van der Waals surface area contributed by atoms with Gasteiger partial charge in [-0.15, -0.1) is 0 Å². The van der Waals surface area contributed by atoms with E-state index in [0.29, 0.717) is 32.8 Å².